The third kappa shape index (κ3) is 2.35. The lowest BCUT2D eigenvalue weighted by atomic mass is 10.1. The second-order valence-corrected chi connectivity index (χ2v) is 3.85. The average Bonchev–Trinajstić information content (AvgIpc) is 2.67. The lowest BCUT2D eigenvalue weighted by Crippen LogP contribution is -2.31. The molecule has 0 bridgehead atoms. The number of Topliss-reactive ketones (excluding diaryl/α,β-unsaturated/α-hetero) is 1. The first kappa shape index (κ1) is 11.8. The van der Waals surface area contributed by atoms with Gasteiger partial charge < -0.3 is 14.8 Å². The van der Waals surface area contributed by atoms with Crippen molar-refractivity contribution in [1.82, 2.24) is 10.3 Å². The summed E-state index contributed by atoms with van der Waals surface area (Å²) in [4.78, 5) is 16.0. The van der Waals surface area contributed by atoms with Gasteiger partial charge in [0.25, 0.3) is 0 Å². The Balaban J connectivity index is 2.32. The molecule has 0 aliphatic rings. The zero-order valence-electron chi connectivity index (χ0n) is 9.73. The van der Waals surface area contributed by atoms with E-state index in [1.807, 2.05) is 0 Å². The van der Waals surface area contributed by atoms with Crippen molar-refractivity contribution in [3.8, 4) is 0 Å². The summed E-state index contributed by atoms with van der Waals surface area (Å²) in [6.07, 6.45) is -1.04. The van der Waals surface area contributed by atoms with Crippen molar-refractivity contribution in [2.45, 2.75) is 13.0 Å². The van der Waals surface area contributed by atoms with Gasteiger partial charge >= 0.3 is 0 Å². The SMILES string of the molecule is CNCC(O)C(=O)c1ccc2oc(C)nc2c1. The Morgan fingerprint density at radius 3 is 3.06 bits per heavy atom. The van der Waals surface area contributed by atoms with Gasteiger partial charge in [-0.05, 0) is 25.2 Å². The first-order chi connectivity index (χ1) is 8.11. The molecule has 2 rings (SSSR count). The van der Waals surface area contributed by atoms with Crippen LogP contribution in [0.25, 0.3) is 11.1 Å². The molecular formula is C12H14N2O3. The van der Waals surface area contributed by atoms with Gasteiger partial charge in [0.15, 0.2) is 17.3 Å². The molecule has 90 valence electrons. The van der Waals surface area contributed by atoms with Crippen molar-refractivity contribution in [3.63, 3.8) is 0 Å². The number of oxazole rings is 1. The minimum atomic E-state index is -1.04. The van der Waals surface area contributed by atoms with E-state index in [1.165, 1.54) is 0 Å². The largest absolute Gasteiger partial charge is 0.441 e. The number of fused-ring (bicyclic) bond motifs is 1. The van der Waals surface area contributed by atoms with Gasteiger partial charge in [-0.15, -0.1) is 0 Å². The molecule has 0 aliphatic heterocycles. The fourth-order valence-electron chi connectivity index (χ4n) is 1.67. The van der Waals surface area contributed by atoms with Crippen LogP contribution in [0.5, 0.6) is 0 Å². The van der Waals surface area contributed by atoms with Crippen LogP contribution in [0.1, 0.15) is 16.2 Å². The summed E-state index contributed by atoms with van der Waals surface area (Å²) in [6, 6.07) is 4.95. The van der Waals surface area contributed by atoms with Crippen molar-refractivity contribution >= 4 is 16.9 Å². The number of aryl methyl sites for hydroxylation is 1. The van der Waals surface area contributed by atoms with Crippen molar-refractivity contribution in [1.29, 1.82) is 0 Å². The minimum absolute atomic E-state index is 0.231. The molecule has 17 heavy (non-hydrogen) atoms. The van der Waals surface area contributed by atoms with Gasteiger partial charge in [-0.2, -0.15) is 0 Å². The van der Waals surface area contributed by atoms with E-state index < -0.39 is 6.10 Å². The lowest BCUT2D eigenvalue weighted by Gasteiger charge is -2.08. The molecule has 1 heterocycles. The van der Waals surface area contributed by atoms with Gasteiger partial charge in [0.1, 0.15) is 11.6 Å². The Labute approximate surface area is 98.5 Å². The van der Waals surface area contributed by atoms with Gasteiger partial charge in [-0.1, -0.05) is 0 Å². The van der Waals surface area contributed by atoms with Crippen LogP contribution >= 0.6 is 0 Å². The summed E-state index contributed by atoms with van der Waals surface area (Å²) in [5, 5.41) is 12.3. The number of carbonyl (C=O) groups excluding carboxylic acids is 1. The van der Waals surface area contributed by atoms with Crippen molar-refractivity contribution in [2.75, 3.05) is 13.6 Å². The van der Waals surface area contributed by atoms with E-state index in [1.54, 1.807) is 32.2 Å². The van der Waals surface area contributed by atoms with Crippen LogP contribution < -0.4 is 5.32 Å². The number of hydrogen-bond donors (Lipinski definition) is 2. The average molecular weight is 234 g/mol. The molecule has 0 spiro atoms. The number of nitrogens with zero attached hydrogens (tertiary/aromatic N) is 1. The Hall–Kier alpha value is -1.72. The molecule has 0 aliphatic carbocycles. The Morgan fingerprint density at radius 1 is 1.59 bits per heavy atom. The molecule has 5 nitrogen and oxygen atoms in total. The molecule has 2 N–H and O–H groups in total. The monoisotopic (exact) mass is 234 g/mol. The quantitative estimate of drug-likeness (QED) is 0.769. The third-order valence-corrected chi connectivity index (χ3v) is 2.48. The number of rotatable bonds is 4. The number of aromatic nitrogens is 1. The van der Waals surface area contributed by atoms with E-state index in [0.717, 1.165) is 0 Å². The molecule has 2 aromatic rings. The van der Waals surface area contributed by atoms with E-state index in [2.05, 4.69) is 10.3 Å². The summed E-state index contributed by atoms with van der Waals surface area (Å²) in [5.41, 5.74) is 1.71. The second kappa shape index (κ2) is 4.65. The second-order valence-electron chi connectivity index (χ2n) is 3.85. The first-order valence-electron chi connectivity index (χ1n) is 5.36. The van der Waals surface area contributed by atoms with Crippen LogP contribution in [0, 0.1) is 6.92 Å². The highest BCUT2D eigenvalue weighted by Gasteiger charge is 2.17. The van der Waals surface area contributed by atoms with Gasteiger partial charge in [0, 0.05) is 19.0 Å². The molecule has 1 aromatic heterocycles. The number of aliphatic hydroxyl groups excluding tert-OH is 1. The lowest BCUT2D eigenvalue weighted by molar-refractivity contribution is 0.0750. The Bertz CT molecular complexity index is 548. The molecule has 1 aromatic carbocycles. The molecule has 0 saturated heterocycles. The fraction of sp³-hybridized carbons (Fsp3) is 0.333. The molecule has 1 unspecified atom stereocenters. The highest BCUT2D eigenvalue weighted by molar-refractivity contribution is 6.01. The molecule has 0 fully saturated rings. The summed E-state index contributed by atoms with van der Waals surface area (Å²) < 4.78 is 5.31. The maximum absolute atomic E-state index is 11.8. The number of carbonyl (C=O) groups is 1. The number of hydrogen-bond acceptors (Lipinski definition) is 5. The fourth-order valence-corrected chi connectivity index (χ4v) is 1.67. The van der Waals surface area contributed by atoms with Gasteiger partial charge in [-0.3, -0.25) is 4.79 Å². The van der Waals surface area contributed by atoms with Crippen LogP contribution in [0.4, 0.5) is 0 Å². The van der Waals surface area contributed by atoms with Crippen molar-refractivity contribution < 1.29 is 14.3 Å². The minimum Gasteiger partial charge on any atom is -0.441 e. The summed E-state index contributed by atoms with van der Waals surface area (Å²) >= 11 is 0. The molecule has 0 saturated carbocycles. The van der Waals surface area contributed by atoms with Crippen molar-refractivity contribution in [3.05, 3.63) is 29.7 Å². The third-order valence-electron chi connectivity index (χ3n) is 2.48. The predicted octanol–water partition coefficient (Wildman–Crippen LogP) is 0.899. The van der Waals surface area contributed by atoms with Gasteiger partial charge in [0.05, 0.1) is 0 Å². The van der Waals surface area contributed by atoms with E-state index in [-0.39, 0.29) is 12.3 Å². The van der Waals surface area contributed by atoms with E-state index in [0.29, 0.717) is 22.6 Å². The predicted molar refractivity (Wildman–Crippen MR) is 63.0 cm³/mol. The van der Waals surface area contributed by atoms with Crippen molar-refractivity contribution in [2.24, 2.45) is 0 Å². The number of benzene rings is 1. The normalized spacial score (nSPS) is 12.9. The number of likely N-dealkylation sites (N-methyl/N-ethyl adjacent to an activating group) is 1. The molecule has 1 atom stereocenters. The standard InChI is InChI=1S/C12H14N2O3/c1-7-14-9-5-8(3-4-11(9)17-7)12(16)10(15)6-13-2/h3-5,10,13,15H,6H2,1-2H3. The summed E-state index contributed by atoms with van der Waals surface area (Å²) in [5.74, 6) is 0.238. The van der Waals surface area contributed by atoms with Crippen LogP contribution in [-0.4, -0.2) is 35.6 Å². The highest BCUT2D eigenvalue weighted by Crippen LogP contribution is 2.17. The summed E-state index contributed by atoms with van der Waals surface area (Å²) in [7, 11) is 1.68. The maximum atomic E-state index is 11.8. The molecular weight excluding hydrogens is 220 g/mol. The highest BCUT2D eigenvalue weighted by atomic mass is 16.3. The smallest absolute Gasteiger partial charge is 0.192 e. The van der Waals surface area contributed by atoms with Crippen LogP contribution in [0.3, 0.4) is 0 Å². The maximum Gasteiger partial charge on any atom is 0.192 e. The Kier molecular flexibility index (Phi) is 3.21. The van der Waals surface area contributed by atoms with E-state index >= 15 is 0 Å². The number of aliphatic hydroxyl groups is 1. The zero-order chi connectivity index (χ0) is 12.4. The van der Waals surface area contributed by atoms with Gasteiger partial charge in [-0.25, -0.2) is 4.98 Å². The van der Waals surface area contributed by atoms with Crippen LogP contribution in [-0.2, 0) is 0 Å². The van der Waals surface area contributed by atoms with Crippen LogP contribution in [0.15, 0.2) is 22.6 Å². The topological polar surface area (TPSA) is 75.4 Å². The molecule has 0 radical (unpaired) electrons. The van der Waals surface area contributed by atoms with Crippen LogP contribution in [0.2, 0.25) is 0 Å². The molecule has 0 amide bonds. The van der Waals surface area contributed by atoms with E-state index in [4.69, 9.17) is 4.42 Å². The molecule has 5 heteroatoms. The number of ketones is 1. The first-order valence-corrected chi connectivity index (χ1v) is 5.36. The zero-order valence-corrected chi connectivity index (χ0v) is 9.73. The number of nitrogens with one attached hydrogen (secondary N) is 1. The van der Waals surface area contributed by atoms with E-state index in [9.17, 15) is 9.90 Å². The summed E-state index contributed by atoms with van der Waals surface area (Å²) in [6.45, 7) is 1.98. The van der Waals surface area contributed by atoms with Gasteiger partial charge in [0.2, 0.25) is 0 Å². The Morgan fingerprint density at radius 2 is 2.35 bits per heavy atom.